The van der Waals surface area contributed by atoms with Gasteiger partial charge in [0, 0.05) is 19.6 Å². The van der Waals surface area contributed by atoms with E-state index in [-0.39, 0.29) is 0 Å². The molecular formula is C9H15N3O. The molecule has 0 saturated heterocycles. The lowest BCUT2D eigenvalue weighted by molar-refractivity contribution is 0.379. The van der Waals surface area contributed by atoms with E-state index in [1.165, 1.54) is 19.3 Å². The van der Waals surface area contributed by atoms with Crippen LogP contribution in [0.5, 0.6) is 0 Å². The molecule has 0 aliphatic heterocycles. The van der Waals surface area contributed by atoms with Crippen LogP contribution in [0.15, 0.2) is 10.7 Å². The summed E-state index contributed by atoms with van der Waals surface area (Å²) in [6.07, 6.45) is 5.44. The van der Waals surface area contributed by atoms with Gasteiger partial charge in [0.05, 0.1) is 5.69 Å². The Hall–Kier alpha value is -1.03. The molecule has 0 spiro atoms. The molecule has 1 aliphatic rings. The molecule has 0 aromatic carbocycles. The number of nitrogens with zero attached hydrogens (tertiary/aromatic N) is 2. The smallest absolute Gasteiger partial charge is 0.297 e. The Kier molecular flexibility index (Phi) is 2.22. The minimum atomic E-state index is 0.446. The summed E-state index contributed by atoms with van der Waals surface area (Å²) in [6, 6.07) is 1.31. The normalized spacial score (nSPS) is 17.1. The van der Waals surface area contributed by atoms with E-state index in [0.717, 1.165) is 5.69 Å². The average Bonchev–Trinajstić information content (AvgIpc) is 2.48. The molecule has 1 aromatic heterocycles. The first-order chi connectivity index (χ1) is 6.31. The van der Waals surface area contributed by atoms with Gasteiger partial charge in [-0.25, -0.2) is 0 Å². The maximum absolute atomic E-state index is 5.44. The summed E-state index contributed by atoms with van der Waals surface area (Å²) in [5.41, 5.74) is 6.27. The maximum atomic E-state index is 5.44. The maximum Gasteiger partial charge on any atom is 0.297 e. The molecule has 1 saturated carbocycles. The highest BCUT2D eigenvalue weighted by Gasteiger charge is 2.24. The summed E-state index contributed by atoms with van der Waals surface area (Å²) < 4.78 is 5.31. The van der Waals surface area contributed by atoms with E-state index in [9.17, 15) is 0 Å². The Bertz CT molecular complexity index is 280. The number of hydrogen-bond acceptors (Lipinski definition) is 4. The standard InChI is InChI=1S/C9H15N3O/c1-12(8-3-2-4-8)9-11-7(5-10)6-13-9/h6,8H,2-5,10H2,1H3. The van der Waals surface area contributed by atoms with E-state index < -0.39 is 0 Å². The van der Waals surface area contributed by atoms with Crippen molar-refractivity contribution >= 4 is 6.01 Å². The van der Waals surface area contributed by atoms with E-state index >= 15 is 0 Å². The van der Waals surface area contributed by atoms with Crippen LogP contribution < -0.4 is 10.6 Å². The second-order valence-electron chi connectivity index (χ2n) is 3.52. The van der Waals surface area contributed by atoms with Gasteiger partial charge >= 0.3 is 0 Å². The summed E-state index contributed by atoms with van der Waals surface area (Å²) >= 11 is 0. The molecule has 0 bridgehead atoms. The zero-order valence-corrected chi connectivity index (χ0v) is 7.86. The minimum absolute atomic E-state index is 0.446. The summed E-state index contributed by atoms with van der Waals surface area (Å²) in [5, 5.41) is 0. The minimum Gasteiger partial charge on any atom is -0.432 e. The van der Waals surface area contributed by atoms with Crippen LogP contribution in [-0.4, -0.2) is 18.1 Å². The van der Waals surface area contributed by atoms with Crippen molar-refractivity contribution in [2.45, 2.75) is 31.8 Å². The molecule has 0 atom stereocenters. The molecule has 0 unspecified atom stereocenters. The Morgan fingerprint density at radius 2 is 2.46 bits per heavy atom. The quantitative estimate of drug-likeness (QED) is 0.759. The second kappa shape index (κ2) is 3.38. The monoisotopic (exact) mass is 181 g/mol. The van der Waals surface area contributed by atoms with Crippen LogP contribution in [0, 0.1) is 0 Å². The zero-order chi connectivity index (χ0) is 9.26. The number of aromatic nitrogens is 1. The van der Waals surface area contributed by atoms with E-state index in [1.807, 2.05) is 7.05 Å². The molecule has 1 aromatic rings. The fourth-order valence-electron chi connectivity index (χ4n) is 1.48. The van der Waals surface area contributed by atoms with Crippen molar-refractivity contribution < 1.29 is 4.42 Å². The van der Waals surface area contributed by atoms with Crippen molar-refractivity contribution in [3.05, 3.63) is 12.0 Å². The van der Waals surface area contributed by atoms with Crippen LogP contribution in [0.4, 0.5) is 6.01 Å². The molecule has 2 N–H and O–H groups in total. The highest BCUT2D eigenvalue weighted by atomic mass is 16.4. The predicted octanol–water partition coefficient (Wildman–Crippen LogP) is 1.12. The first kappa shape index (κ1) is 8.56. The van der Waals surface area contributed by atoms with Crippen LogP contribution in [0.25, 0.3) is 0 Å². The number of nitrogens with two attached hydrogens (primary N) is 1. The summed E-state index contributed by atoms with van der Waals surface area (Å²) in [5.74, 6) is 0. The third-order valence-corrected chi connectivity index (χ3v) is 2.67. The van der Waals surface area contributed by atoms with Crippen molar-refractivity contribution in [3.63, 3.8) is 0 Å². The van der Waals surface area contributed by atoms with Crippen molar-refractivity contribution in [3.8, 4) is 0 Å². The van der Waals surface area contributed by atoms with Gasteiger partial charge in [-0.05, 0) is 19.3 Å². The Balaban J connectivity index is 2.05. The van der Waals surface area contributed by atoms with Gasteiger partial charge in [0.25, 0.3) is 6.01 Å². The first-order valence-corrected chi connectivity index (χ1v) is 4.68. The lowest BCUT2D eigenvalue weighted by Gasteiger charge is -2.33. The first-order valence-electron chi connectivity index (χ1n) is 4.68. The van der Waals surface area contributed by atoms with Crippen molar-refractivity contribution in [2.75, 3.05) is 11.9 Å². The van der Waals surface area contributed by atoms with Gasteiger partial charge in [-0.2, -0.15) is 4.98 Å². The van der Waals surface area contributed by atoms with Crippen LogP contribution in [-0.2, 0) is 6.54 Å². The number of oxazole rings is 1. The van der Waals surface area contributed by atoms with E-state index in [2.05, 4.69) is 9.88 Å². The van der Waals surface area contributed by atoms with Crippen LogP contribution in [0.2, 0.25) is 0 Å². The number of rotatable bonds is 3. The summed E-state index contributed by atoms with van der Waals surface area (Å²) in [7, 11) is 2.02. The second-order valence-corrected chi connectivity index (χ2v) is 3.52. The summed E-state index contributed by atoms with van der Waals surface area (Å²) in [4.78, 5) is 6.37. The lowest BCUT2D eigenvalue weighted by Crippen LogP contribution is -2.37. The third-order valence-electron chi connectivity index (χ3n) is 2.67. The van der Waals surface area contributed by atoms with Crippen LogP contribution in [0.3, 0.4) is 0 Å². The Morgan fingerprint density at radius 3 is 2.92 bits per heavy atom. The van der Waals surface area contributed by atoms with Gasteiger partial charge in [-0.15, -0.1) is 0 Å². The van der Waals surface area contributed by atoms with E-state index in [4.69, 9.17) is 10.2 Å². The highest BCUT2D eigenvalue weighted by Crippen LogP contribution is 2.27. The fraction of sp³-hybridized carbons (Fsp3) is 0.667. The molecule has 0 amide bonds. The van der Waals surface area contributed by atoms with Crippen LogP contribution in [0.1, 0.15) is 25.0 Å². The SMILES string of the molecule is CN(c1nc(CN)co1)C1CCC1. The third kappa shape index (κ3) is 1.54. The Labute approximate surface area is 77.7 Å². The van der Waals surface area contributed by atoms with Gasteiger partial charge in [-0.1, -0.05) is 0 Å². The number of hydrogen-bond donors (Lipinski definition) is 1. The number of anilines is 1. The van der Waals surface area contributed by atoms with E-state index in [0.29, 0.717) is 18.6 Å². The molecule has 4 heteroatoms. The topological polar surface area (TPSA) is 55.3 Å². The van der Waals surface area contributed by atoms with Gasteiger partial charge in [-0.3, -0.25) is 0 Å². The highest BCUT2D eigenvalue weighted by molar-refractivity contribution is 5.28. The van der Waals surface area contributed by atoms with E-state index in [1.54, 1.807) is 6.26 Å². The molecule has 2 rings (SSSR count). The fourth-order valence-corrected chi connectivity index (χ4v) is 1.48. The average molecular weight is 181 g/mol. The largest absolute Gasteiger partial charge is 0.432 e. The van der Waals surface area contributed by atoms with Gasteiger partial charge < -0.3 is 15.1 Å². The molecule has 1 aliphatic carbocycles. The zero-order valence-electron chi connectivity index (χ0n) is 7.86. The molecule has 13 heavy (non-hydrogen) atoms. The lowest BCUT2D eigenvalue weighted by atomic mass is 9.92. The molecule has 4 nitrogen and oxygen atoms in total. The van der Waals surface area contributed by atoms with Crippen molar-refractivity contribution in [1.82, 2.24) is 4.98 Å². The van der Waals surface area contributed by atoms with Crippen molar-refractivity contribution in [1.29, 1.82) is 0 Å². The van der Waals surface area contributed by atoms with Gasteiger partial charge in [0.1, 0.15) is 6.26 Å². The molecule has 72 valence electrons. The molecule has 1 heterocycles. The van der Waals surface area contributed by atoms with Crippen molar-refractivity contribution in [2.24, 2.45) is 5.73 Å². The molecule has 1 fully saturated rings. The Morgan fingerprint density at radius 1 is 1.69 bits per heavy atom. The molecular weight excluding hydrogens is 166 g/mol. The van der Waals surface area contributed by atoms with Gasteiger partial charge in [0.15, 0.2) is 0 Å². The van der Waals surface area contributed by atoms with Crippen LogP contribution >= 0.6 is 0 Å². The predicted molar refractivity (Wildman–Crippen MR) is 50.4 cm³/mol. The van der Waals surface area contributed by atoms with Gasteiger partial charge in [0.2, 0.25) is 0 Å². The summed E-state index contributed by atoms with van der Waals surface area (Å²) in [6.45, 7) is 0.446. The molecule has 0 radical (unpaired) electrons.